The normalized spacial score (nSPS) is 37.5. The van der Waals surface area contributed by atoms with Gasteiger partial charge in [0.25, 0.3) is 0 Å². The van der Waals surface area contributed by atoms with Crippen molar-refractivity contribution in [1.82, 2.24) is 5.32 Å². The molecule has 2 saturated heterocycles. The monoisotopic (exact) mass is 397 g/mol. The fraction of sp³-hybridized carbons (Fsp3) is 0.857. The molecule has 0 radical (unpaired) electrons. The van der Waals surface area contributed by atoms with Crippen molar-refractivity contribution in [2.45, 2.75) is 83.0 Å². The molecule has 0 bridgehead atoms. The predicted molar refractivity (Wildman–Crippen MR) is 104 cm³/mol. The van der Waals surface area contributed by atoms with Crippen LogP contribution < -0.4 is 5.32 Å². The first kappa shape index (κ1) is 21.6. The Labute approximate surface area is 167 Å². The Bertz CT molecular complexity index is 583. The lowest BCUT2D eigenvalue weighted by Crippen LogP contribution is -2.53. The second-order valence-electron chi connectivity index (χ2n) is 8.90. The Balaban J connectivity index is 1.64. The number of carbonyl (C=O) groups is 1. The average molecular weight is 398 g/mol. The molecule has 2 N–H and O–H groups in total. The molecule has 1 spiro atoms. The minimum atomic E-state index is -0.510. The molecule has 3 rings (SSSR count). The summed E-state index contributed by atoms with van der Waals surface area (Å²) in [6.45, 7) is 8.65. The second-order valence-corrected chi connectivity index (χ2v) is 8.90. The fourth-order valence-electron chi connectivity index (χ4n) is 4.35. The molecule has 3 fully saturated rings. The minimum absolute atomic E-state index is 0.0540. The smallest absolute Gasteiger partial charge is 0.407 e. The van der Waals surface area contributed by atoms with Crippen LogP contribution in [0.15, 0.2) is 11.6 Å². The van der Waals surface area contributed by atoms with E-state index in [-0.39, 0.29) is 54.5 Å². The van der Waals surface area contributed by atoms with Crippen LogP contribution in [-0.2, 0) is 18.9 Å². The van der Waals surface area contributed by atoms with E-state index in [2.05, 4.69) is 25.2 Å². The Morgan fingerprint density at radius 3 is 2.64 bits per heavy atom. The molecule has 160 valence electrons. The van der Waals surface area contributed by atoms with Crippen LogP contribution in [0, 0.1) is 11.8 Å². The molecule has 1 aliphatic carbocycles. The van der Waals surface area contributed by atoms with E-state index in [1.807, 2.05) is 13.8 Å². The number of amides is 1. The summed E-state index contributed by atoms with van der Waals surface area (Å²) >= 11 is 0. The van der Waals surface area contributed by atoms with Crippen LogP contribution in [-0.4, -0.2) is 67.6 Å². The van der Waals surface area contributed by atoms with Crippen LogP contribution in [0.1, 0.15) is 47.0 Å². The number of methoxy groups -OCH3 is 1. The van der Waals surface area contributed by atoms with E-state index in [4.69, 9.17) is 18.9 Å². The van der Waals surface area contributed by atoms with E-state index in [0.717, 1.165) is 12.8 Å². The van der Waals surface area contributed by atoms with Crippen LogP contribution in [0.3, 0.4) is 0 Å². The van der Waals surface area contributed by atoms with Crippen molar-refractivity contribution in [1.29, 1.82) is 0 Å². The van der Waals surface area contributed by atoms with E-state index in [1.165, 1.54) is 5.57 Å². The van der Waals surface area contributed by atoms with E-state index in [0.29, 0.717) is 13.0 Å². The fourth-order valence-corrected chi connectivity index (χ4v) is 4.35. The van der Waals surface area contributed by atoms with E-state index in [9.17, 15) is 9.90 Å². The van der Waals surface area contributed by atoms with Gasteiger partial charge in [-0.15, -0.1) is 0 Å². The molecule has 2 heterocycles. The molecule has 0 aromatic carbocycles. The van der Waals surface area contributed by atoms with Crippen LogP contribution in [0.25, 0.3) is 0 Å². The van der Waals surface area contributed by atoms with Crippen molar-refractivity contribution in [3.63, 3.8) is 0 Å². The maximum atomic E-state index is 12.4. The van der Waals surface area contributed by atoms with Gasteiger partial charge < -0.3 is 29.4 Å². The van der Waals surface area contributed by atoms with Crippen molar-refractivity contribution in [2.24, 2.45) is 11.8 Å². The number of ether oxygens (including phenoxy) is 4. The zero-order chi connectivity index (χ0) is 20.5. The Morgan fingerprint density at radius 1 is 1.39 bits per heavy atom. The molecular weight excluding hydrogens is 362 g/mol. The lowest BCUT2D eigenvalue weighted by Gasteiger charge is -2.40. The molecule has 7 heteroatoms. The van der Waals surface area contributed by atoms with E-state index in [1.54, 1.807) is 7.11 Å². The molecular formula is C21H35NO6. The van der Waals surface area contributed by atoms with Gasteiger partial charge in [-0.25, -0.2) is 4.79 Å². The zero-order valence-corrected chi connectivity index (χ0v) is 17.6. The standard InChI is InChI=1S/C21H35NO6/c1-12(2)6-7-15-19(27-15)17-18(25-5)16(8-9-21(17)11-26-21)28-20(24)22-14(10-23)13(3)4/h6,13-19,23H,7-11H2,1-5H3,(H,22,24)/t14-,15?,16?,17?,18?,19?,21?/m0/s1. The van der Waals surface area contributed by atoms with Gasteiger partial charge >= 0.3 is 6.09 Å². The van der Waals surface area contributed by atoms with Crippen LogP contribution >= 0.6 is 0 Å². The van der Waals surface area contributed by atoms with Gasteiger partial charge in [0, 0.05) is 13.0 Å². The summed E-state index contributed by atoms with van der Waals surface area (Å²) in [5.41, 5.74) is 1.08. The van der Waals surface area contributed by atoms with E-state index >= 15 is 0 Å². The number of hydrogen-bond donors (Lipinski definition) is 2. The molecule has 28 heavy (non-hydrogen) atoms. The van der Waals surface area contributed by atoms with Crippen molar-refractivity contribution in [3.05, 3.63) is 11.6 Å². The Morgan fingerprint density at radius 2 is 2.11 bits per heavy atom. The summed E-state index contributed by atoms with van der Waals surface area (Å²) < 4.78 is 23.4. The molecule has 1 saturated carbocycles. The molecule has 0 aromatic rings. The van der Waals surface area contributed by atoms with Crippen LogP contribution in [0.4, 0.5) is 4.79 Å². The summed E-state index contributed by atoms with van der Waals surface area (Å²) in [5, 5.41) is 12.2. The maximum Gasteiger partial charge on any atom is 0.407 e. The van der Waals surface area contributed by atoms with Gasteiger partial charge in [0.1, 0.15) is 12.2 Å². The van der Waals surface area contributed by atoms with Crippen LogP contribution in [0.2, 0.25) is 0 Å². The zero-order valence-electron chi connectivity index (χ0n) is 17.6. The predicted octanol–water partition coefficient (Wildman–Crippen LogP) is 2.42. The first-order valence-electron chi connectivity index (χ1n) is 10.3. The third-order valence-electron chi connectivity index (χ3n) is 6.26. The number of rotatable bonds is 8. The number of allylic oxidation sites excluding steroid dienone is 1. The summed E-state index contributed by atoms with van der Waals surface area (Å²) in [7, 11) is 1.66. The van der Waals surface area contributed by atoms with E-state index < -0.39 is 6.09 Å². The molecule has 0 aromatic heterocycles. The number of aliphatic hydroxyl groups is 1. The largest absolute Gasteiger partial charge is 0.443 e. The number of alkyl carbamates (subject to hydrolysis) is 1. The SMILES string of the molecule is COC1C(OC(=O)N[C@@H](CO)C(C)C)CCC2(CO2)C1C1OC1CC=C(C)C. The molecule has 3 aliphatic rings. The topological polar surface area (TPSA) is 92.9 Å². The molecule has 1 amide bonds. The maximum absolute atomic E-state index is 12.4. The number of hydrogen-bond acceptors (Lipinski definition) is 6. The summed E-state index contributed by atoms with van der Waals surface area (Å²) in [6.07, 6.45) is 3.71. The molecule has 7 nitrogen and oxygen atoms in total. The van der Waals surface area contributed by atoms with Gasteiger partial charge in [0.2, 0.25) is 0 Å². The lowest BCUT2D eigenvalue weighted by molar-refractivity contribution is -0.106. The first-order chi connectivity index (χ1) is 13.3. The summed E-state index contributed by atoms with van der Waals surface area (Å²) in [6, 6.07) is -0.328. The lowest BCUT2D eigenvalue weighted by atomic mass is 9.73. The van der Waals surface area contributed by atoms with Gasteiger partial charge in [0.15, 0.2) is 0 Å². The highest BCUT2D eigenvalue weighted by Gasteiger charge is 2.66. The highest BCUT2D eigenvalue weighted by Crippen LogP contribution is 2.54. The number of carbonyl (C=O) groups excluding carboxylic acids is 1. The quantitative estimate of drug-likeness (QED) is 0.483. The highest BCUT2D eigenvalue weighted by molar-refractivity contribution is 5.68. The number of nitrogens with one attached hydrogen (secondary N) is 1. The number of aliphatic hydroxyl groups excluding tert-OH is 1. The van der Waals surface area contributed by atoms with Crippen molar-refractivity contribution in [2.75, 3.05) is 20.3 Å². The highest BCUT2D eigenvalue weighted by atomic mass is 16.6. The summed E-state index contributed by atoms with van der Waals surface area (Å²) in [4.78, 5) is 12.4. The molecule has 6 unspecified atom stereocenters. The van der Waals surface area contributed by atoms with Gasteiger partial charge in [-0.05, 0) is 39.0 Å². The van der Waals surface area contributed by atoms with Crippen LogP contribution in [0.5, 0.6) is 0 Å². The Kier molecular flexibility index (Phi) is 6.69. The van der Waals surface area contributed by atoms with Crippen molar-refractivity contribution in [3.8, 4) is 0 Å². The summed E-state index contributed by atoms with van der Waals surface area (Å²) in [5.74, 6) is 0.173. The third kappa shape index (κ3) is 4.70. The van der Waals surface area contributed by atoms with Gasteiger partial charge in [-0.3, -0.25) is 0 Å². The first-order valence-corrected chi connectivity index (χ1v) is 10.3. The van der Waals surface area contributed by atoms with Gasteiger partial charge in [-0.1, -0.05) is 25.5 Å². The second kappa shape index (κ2) is 8.69. The van der Waals surface area contributed by atoms with Gasteiger partial charge in [-0.2, -0.15) is 0 Å². The minimum Gasteiger partial charge on any atom is -0.443 e. The number of epoxide rings is 2. The Hall–Kier alpha value is -1.15. The average Bonchev–Trinajstić information content (AvgIpc) is 3.56. The van der Waals surface area contributed by atoms with Crippen molar-refractivity contribution >= 4 is 6.09 Å². The molecule has 7 atom stereocenters. The molecule has 2 aliphatic heterocycles. The van der Waals surface area contributed by atoms with Crippen molar-refractivity contribution < 1.29 is 28.8 Å². The van der Waals surface area contributed by atoms with Gasteiger partial charge in [0.05, 0.1) is 37.1 Å². The third-order valence-corrected chi connectivity index (χ3v) is 6.26.